The summed E-state index contributed by atoms with van der Waals surface area (Å²) in [5.74, 6) is 1.07. The highest BCUT2D eigenvalue weighted by atomic mass is 16.5. The predicted octanol–water partition coefficient (Wildman–Crippen LogP) is 2.99. The van der Waals surface area contributed by atoms with Crippen LogP contribution >= 0.6 is 0 Å². The molecule has 1 rings (SSSR count). The maximum atomic E-state index is 10.3. The molecule has 0 aliphatic heterocycles. The first kappa shape index (κ1) is 13.0. The molecule has 0 aromatic carbocycles. The summed E-state index contributed by atoms with van der Waals surface area (Å²) in [5, 5.41) is 10.3. The fourth-order valence-electron chi connectivity index (χ4n) is 2.67. The van der Waals surface area contributed by atoms with Crippen LogP contribution in [0.2, 0.25) is 0 Å². The van der Waals surface area contributed by atoms with Gasteiger partial charge in [-0.3, -0.25) is 0 Å². The second-order valence-electron chi connectivity index (χ2n) is 5.37. The number of hydrogen-bond donors (Lipinski definition) is 1. The summed E-state index contributed by atoms with van der Waals surface area (Å²) >= 11 is 0. The number of aliphatic hydroxyl groups excluding tert-OH is 1. The van der Waals surface area contributed by atoms with Crippen molar-refractivity contribution in [3.8, 4) is 0 Å². The second kappa shape index (κ2) is 5.31. The first-order chi connectivity index (χ1) is 7.02. The molecule has 1 unspecified atom stereocenters. The molecular weight excluding hydrogens is 188 g/mol. The second-order valence-corrected chi connectivity index (χ2v) is 5.37. The molecule has 0 radical (unpaired) electrons. The SMILES string of the molecule is CCOC1(C(O)C(C)C)CCC(C)CC1. The Balaban J connectivity index is 2.70. The summed E-state index contributed by atoms with van der Waals surface area (Å²) in [6.45, 7) is 9.16. The molecule has 0 spiro atoms. The van der Waals surface area contributed by atoms with E-state index in [2.05, 4.69) is 20.8 Å². The van der Waals surface area contributed by atoms with E-state index in [9.17, 15) is 5.11 Å². The van der Waals surface area contributed by atoms with E-state index in [0.717, 1.165) is 18.8 Å². The Morgan fingerprint density at radius 3 is 2.27 bits per heavy atom. The van der Waals surface area contributed by atoms with Gasteiger partial charge in [-0.05, 0) is 44.4 Å². The molecule has 90 valence electrons. The summed E-state index contributed by atoms with van der Waals surface area (Å²) in [7, 11) is 0. The van der Waals surface area contributed by atoms with Crippen molar-refractivity contribution in [1.29, 1.82) is 0 Å². The Morgan fingerprint density at radius 1 is 1.33 bits per heavy atom. The first-order valence-corrected chi connectivity index (χ1v) is 6.34. The van der Waals surface area contributed by atoms with Gasteiger partial charge in [-0.25, -0.2) is 0 Å². The van der Waals surface area contributed by atoms with Crippen LogP contribution in [0.15, 0.2) is 0 Å². The molecule has 15 heavy (non-hydrogen) atoms. The van der Waals surface area contributed by atoms with Gasteiger partial charge in [0.15, 0.2) is 0 Å². The van der Waals surface area contributed by atoms with E-state index >= 15 is 0 Å². The molecule has 1 atom stereocenters. The van der Waals surface area contributed by atoms with Crippen LogP contribution in [0.5, 0.6) is 0 Å². The smallest absolute Gasteiger partial charge is 0.0942 e. The third kappa shape index (κ3) is 2.94. The van der Waals surface area contributed by atoms with Crippen LogP contribution in [0.3, 0.4) is 0 Å². The monoisotopic (exact) mass is 214 g/mol. The maximum Gasteiger partial charge on any atom is 0.0942 e. The average Bonchev–Trinajstić information content (AvgIpc) is 2.21. The van der Waals surface area contributed by atoms with Gasteiger partial charge in [0.1, 0.15) is 0 Å². The van der Waals surface area contributed by atoms with Gasteiger partial charge >= 0.3 is 0 Å². The van der Waals surface area contributed by atoms with E-state index in [1.807, 2.05) is 6.92 Å². The van der Waals surface area contributed by atoms with Gasteiger partial charge in [0.25, 0.3) is 0 Å². The minimum Gasteiger partial charge on any atom is -0.390 e. The zero-order valence-electron chi connectivity index (χ0n) is 10.6. The molecule has 1 N–H and O–H groups in total. The quantitative estimate of drug-likeness (QED) is 0.779. The highest BCUT2D eigenvalue weighted by molar-refractivity contribution is 4.93. The summed E-state index contributed by atoms with van der Waals surface area (Å²) in [5.41, 5.74) is -0.255. The maximum absolute atomic E-state index is 10.3. The number of hydrogen-bond acceptors (Lipinski definition) is 2. The lowest BCUT2D eigenvalue weighted by Crippen LogP contribution is -2.50. The zero-order chi connectivity index (χ0) is 11.5. The van der Waals surface area contributed by atoms with Crippen LogP contribution in [-0.2, 0) is 4.74 Å². The third-order valence-electron chi connectivity index (χ3n) is 3.72. The van der Waals surface area contributed by atoms with Crippen molar-refractivity contribution < 1.29 is 9.84 Å². The number of rotatable bonds is 4. The molecule has 1 aliphatic rings. The van der Waals surface area contributed by atoms with Gasteiger partial charge in [-0.1, -0.05) is 20.8 Å². The number of aliphatic hydroxyl groups is 1. The van der Waals surface area contributed by atoms with Crippen molar-refractivity contribution in [3.63, 3.8) is 0 Å². The normalized spacial score (nSPS) is 34.4. The highest BCUT2D eigenvalue weighted by Gasteiger charge is 2.42. The topological polar surface area (TPSA) is 29.5 Å². The lowest BCUT2D eigenvalue weighted by Gasteiger charge is -2.44. The van der Waals surface area contributed by atoms with E-state index in [0.29, 0.717) is 6.61 Å². The summed E-state index contributed by atoms with van der Waals surface area (Å²) in [6.07, 6.45) is 4.08. The zero-order valence-corrected chi connectivity index (χ0v) is 10.6. The van der Waals surface area contributed by atoms with Crippen molar-refractivity contribution in [3.05, 3.63) is 0 Å². The molecule has 1 aliphatic carbocycles. The third-order valence-corrected chi connectivity index (χ3v) is 3.72. The molecule has 0 saturated heterocycles. The largest absolute Gasteiger partial charge is 0.390 e. The molecule has 2 nitrogen and oxygen atoms in total. The molecule has 0 aromatic heterocycles. The van der Waals surface area contributed by atoms with Crippen molar-refractivity contribution in [2.75, 3.05) is 6.61 Å². The fourth-order valence-corrected chi connectivity index (χ4v) is 2.67. The van der Waals surface area contributed by atoms with E-state index in [1.54, 1.807) is 0 Å². The minimum atomic E-state index is -0.315. The Kier molecular flexibility index (Phi) is 4.60. The molecule has 0 bridgehead atoms. The van der Waals surface area contributed by atoms with E-state index in [1.165, 1.54) is 12.8 Å². The Bertz CT molecular complexity index is 181. The van der Waals surface area contributed by atoms with E-state index in [-0.39, 0.29) is 17.6 Å². The van der Waals surface area contributed by atoms with Gasteiger partial charge in [-0.2, -0.15) is 0 Å². The van der Waals surface area contributed by atoms with Crippen LogP contribution in [0.4, 0.5) is 0 Å². The van der Waals surface area contributed by atoms with E-state index < -0.39 is 0 Å². The van der Waals surface area contributed by atoms with Crippen LogP contribution in [0.1, 0.15) is 53.4 Å². The van der Waals surface area contributed by atoms with Crippen molar-refractivity contribution >= 4 is 0 Å². The standard InChI is InChI=1S/C13H26O2/c1-5-15-13(12(14)10(2)3)8-6-11(4)7-9-13/h10-12,14H,5-9H2,1-4H3. The molecule has 0 heterocycles. The van der Waals surface area contributed by atoms with Crippen LogP contribution in [0.25, 0.3) is 0 Å². The first-order valence-electron chi connectivity index (χ1n) is 6.34. The Labute approximate surface area is 94.0 Å². The van der Waals surface area contributed by atoms with Crippen molar-refractivity contribution in [2.45, 2.75) is 65.1 Å². The van der Waals surface area contributed by atoms with Crippen LogP contribution < -0.4 is 0 Å². The molecule has 0 aromatic rings. The highest BCUT2D eigenvalue weighted by Crippen LogP contribution is 2.39. The fraction of sp³-hybridized carbons (Fsp3) is 1.00. The Hall–Kier alpha value is -0.0800. The Morgan fingerprint density at radius 2 is 1.87 bits per heavy atom. The van der Waals surface area contributed by atoms with Crippen molar-refractivity contribution in [1.82, 2.24) is 0 Å². The van der Waals surface area contributed by atoms with Gasteiger partial charge in [0.2, 0.25) is 0 Å². The summed E-state index contributed by atoms with van der Waals surface area (Å²) < 4.78 is 5.89. The summed E-state index contributed by atoms with van der Waals surface area (Å²) in [6, 6.07) is 0. The van der Waals surface area contributed by atoms with Crippen molar-refractivity contribution in [2.24, 2.45) is 11.8 Å². The van der Waals surface area contributed by atoms with Gasteiger partial charge in [0.05, 0.1) is 11.7 Å². The van der Waals surface area contributed by atoms with Gasteiger partial charge in [0, 0.05) is 6.61 Å². The van der Waals surface area contributed by atoms with Gasteiger partial charge < -0.3 is 9.84 Å². The lowest BCUT2D eigenvalue weighted by molar-refractivity contribution is -0.157. The van der Waals surface area contributed by atoms with Crippen LogP contribution in [-0.4, -0.2) is 23.4 Å². The predicted molar refractivity (Wildman–Crippen MR) is 62.8 cm³/mol. The number of ether oxygens (including phenoxy) is 1. The summed E-state index contributed by atoms with van der Waals surface area (Å²) in [4.78, 5) is 0. The molecule has 2 heteroatoms. The molecule has 1 saturated carbocycles. The lowest BCUT2D eigenvalue weighted by atomic mass is 9.73. The minimum absolute atomic E-state index is 0.255. The molecule has 0 amide bonds. The average molecular weight is 214 g/mol. The van der Waals surface area contributed by atoms with Gasteiger partial charge in [-0.15, -0.1) is 0 Å². The molecule has 1 fully saturated rings. The molecular formula is C13H26O2. The van der Waals surface area contributed by atoms with Crippen LogP contribution in [0, 0.1) is 11.8 Å². The van der Waals surface area contributed by atoms with E-state index in [4.69, 9.17) is 4.74 Å².